The molecule has 68 valence electrons. The van der Waals surface area contributed by atoms with Gasteiger partial charge in [0.2, 0.25) is 0 Å². The van der Waals surface area contributed by atoms with Crippen LogP contribution in [0, 0.1) is 6.92 Å². The first-order valence-corrected chi connectivity index (χ1v) is 7.09. The number of hydrogen-bond acceptors (Lipinski definition) is 0. The van der Waals surface area contributed by atoms with Gasteiger partial charge in [0.25, 0.3) is 0 Å². The van der Waals surface area contributed by atoms with Gasteiger partial charge in [-0.2, -0.15) is 0 Å². The third-order valence-electron chi connectivity index (χ3n) is 1.79. The van der Waals surface area contributed by atoms with Crippen LogP contribution >= 0.6 is 0 Å². The van der Waals surface area contributed by atoms with Crippen molar-refractivity contribution in [2.45, 2.75) is 29.1 Å². The second-order valence-electron chi connectivity index (χ2n) is 3.23. The summed E-state index contributed by atoms with van der Waals surface area (Å²) in [6.45, 7) is 6.86. The first kappa shape index (κ1) is 10.0. The van der Waals surface area contributed by atoms with Crippen LogP contribution in [0.3, 0.4) is 0 Å². The van der Waals surface area contributed by atoms with Crippen LogP contribution in [0.1, 0.15) is 25.0 Å². The molecule has 0 aliphatic heterocycles. The molecule has 1 aromatic carbocycles. The molecular weight excluding hydrogens is 259 g/mol. The van der Waals surface area contributed by atoms with Gasteiger partial charge in [0.1, 0.15) is 0 Å². The van der Waals surface area contributed by atoms with Crippen LogP contribution in [-0.4, -0.2) is 3.92 Å². The first-order chi connectivity index (χ1) is 5.70. The third-order valence-corrected chi connectivity index (χ3v) is 4.81. The second-order valence-corrected chi connectivity index (χ2v) is 7.36. The van der Waals surface area contributed by atoms with Crippen molar-refractivity contribution < 1.29 is 21.2 Å². The van der Waals surface area contributed by atoms with Crippen LogP contribution in [0.4, 0.5) is 0 Å². The van der Waals surface area contributed by atoms with E-state index in [9.17, 15) is 0 Å². The number of alkyl halides is 2. The van der Waals surface area contributed by atoms with Crippen molar-refractivity contribution >= 4 is 0 Å². The molecule has 0 saturated carbocycles. The Balaban J connectivity index is 2.57. The molecule has 0 heterocycles. The number of halogens is 1. The Morgan fingerprint density at radius 1 is 1.25 bits per heavy atom. The van der Waals surface area contributed by atoms with Crippen LogP contribution in [0.15, 0.2) is 24.3 Å². The van der Waals surface area contributed by atoms with Crippen molar-refractivity contribution in [1.29, 1.82) is 0 Å². The van der Waals surface area contributed by atoms with Gasteiger partial charge in [-0.3, -0.25) is 0 Å². The second kappa shape index (κ2) is 4.85. The van der Waals surface area contributed by atoms with Crippen molar-refractivity contribution in [2.75, 3.05) is 0 Å². The Bertz CT molecular complexity index is 241. The van der Waals surface area contributed by atoms with Crippen LogP contribution in [0.25, 0.3) is 0 Å². The molecule has 0 aliphatic carbocycles. The zero-order valence-electron chi connectivity index (χ0n) is 7.97. The predicted octanol–water partition coefficient (Wildman–Crippen LogP) is -0.00758. The summed E-state index contributed by atoms with van der Waals surface area (Å²) in [5, 5.41) is 0. The summed E-state index contributed by atoms with van der Waals surface area (Å²) in [5.41, 5.74) is 3.01. The van der Waals surface area contributed by atoms with Gasteiger partial charge in [0.15, 0.2) is 0 Å². The SMILES string of the molecule is Cc1ccccc1C[I-]C(C)C. The van der Waals surface area contributed by atoms with E-state index in [0.29, 0.717) is 21.2 Å². The summed E-state index contributed by atoms with van der Waals surface area (Å²) in [5.74, 6) is 0. The average Bonchev–Trinajstić information content (AvgIpc) is 2.03. The van der Waals surface area contributed by atoms with Crippen molar-refractivity contribution in [3.05, 3.63) is 35.4 Å². The molecular formula is C11H16I-. The predicted molar refractivity (Wildman–Crippen MR) is 50.0 cm³/mol. The van der Waals surface area contributed by atoms with E-state index in [2.05, 4.69) is 45.0 Å². The Hall–Kier alpha value is -0.0500. The van der Waals surface area contributed by atoms with Gasteiger partial charge in [-0.25, -0.2) is 0 Å². The number of benzene rings is 1. The Labute approximate surface area is 85.6 Å². The average molecular weight is 275 g/mol. The minimum atomic E-state index is 0.370. The topological polar surface area (TPSA) is 0 Å². The van der Waals surface area contributed by atoms with Crippen molar-refractivity contribution in [3.8, 4) is 0 Å². The van der Waals surface area contributed by atoms with Crippen molar-refractivity contribution in [3.63, 3.8) is 0 Å². The molecule has 0 spiro atoms. The van der Waals surface area contributed by atoms with E-state index in [-0.39, 0.29) is 0 Å². The van der Waals surface area contributed by atoms with Crippen LogP contribution in [0.2, 0.25) is 0 Å². The monoisotopic (exact) mass is 275 g/mol. The van der Waals surface area contributed by atoms with E-state index in [1.165, 1.54) is 9.99 Å². The molecule has 0 aromatic heterocycles. The summed E-state index contributed by atoms with van der Waals surface area (Å²) in [6, 6.07) is 8.73. The van der Waals surface area contributed by atoms with Gasteiger partial charge >= 0.3 is 85.7 Å². The number of rotatable bonds is 3. The molecule has 1 rings (SSSR count). The molecule has 0 N–H and O–H groups in total. The van der Waals surface area contributed by atoms with Gasteiger partial charge in [-0.05, 0) is 0 Å². The van der Waals surface area contributed by atoms with E-state index in [1.54, 1.807) is 5.56 Å². The summed E-state index contributed by atoms with van der Waals surface area (Å²) < 4.78 is 2.26. The van der Waals surface area contributed by atoms with E-state index in [0.717, 1.165) is 3.92 Å². The summed E-state index contributed by atoms with van der Waals surface area (Å²) in [4.78, 5) is 0. The fourth-order valence-corrected chi connectivity index (χ4v) is 3.21. The molecule has 0 unspecified atom stereocenters. The summed E-state index contributed by atoms with van der Waals surface area (Å²) >= 11 is 0.370. The molecule has 0 saturated heterocycles. The van der Waals surface area contributed by atoms with Gasteiger partial charge in [0.05, 0.1) is 0 Å². The zero-order chi connectivity index (χ0) is 8.97. The Morgan fingerprint density at radius 2 is 1.92 bits per heavy atom. The molecule has 1 aromatic rings. The first-order valence-electron chi connectivity index (χ1n) is 4.32. The van der Waals surface area contributed by atoms with Crippen molar-refractivity contribution in [1.82, 2.24) is 0 Å². The number of hydrogen-bond donors (Lipinski definition) is 0. The quantitative estimate of drug-likeness (QED) is 0.538. The van der Waals surface area contributed by atoms with Gasteiger partial charge in [-0.15, -0.1) is 0 Å². The zero-order valence-corrected chi connectivity index (χ0v) is 10.1. The van der Waals surface area contributed by atoms with E-state index >= 15 is 0 Å². The molecule has 0 atom stereocenters. The van der Waals surface area contributed by atoms with Gasteiger partial charge in [0, 0.05) is 0 Å². The fourth-order valence-electron chi connectivity index (χ4n) is 0.997. The maximum absolute atomic E-state index is 2.32. The third kappa shape index (κ3) is 3.13. The molecule has 0 nitrogen and oxygen atoms in total. The Morgan fingerprint density at radius 3 is 2.50 bits per heavy atom. The molecule has 0 fully saturated rings. The molecule has 0 aliphatic rings. The van der Waals surface area contributed by atoms with Crippen LogP contribution in [0.5, 0.6) is 0 Å². The molecule has 0 bridgehead atoms. The van der Waals surface area contributed by atoms with Gasteiger partial charge < -0.3 is 0 Å². The molecule has 1 heteroatoms. The van der Waals surface area contributed by atoms with Crippen LogP contribution < -0.4 is 21.2 Å². The normalized spacial score (nSPS) is 11.0. The molecule has 0 radical (unpaired) electrons. The Kier molecular flexibility index (Phi) is 4.06. The fraction of sp³-hybridized carbons (Fsp3) is 0.455. The number of aryl methyl sites for hydroxylation is 1. The minimum absolute atomic E-state index is 0.370. The van der Waals surface area contributed by atoms with Crippen molar-refractivity contribution in [2.24, 2.45) is 0 Å². The van der Waals surface area contributed by atoms with Crippen LogP contribution in [-0.2, 0) is 4.43 Å². The molecule has 12 heavy (non-hydrogen) atoms. The maximum atomic E-state index is 2.32. The summed E-state index contributed by atoms with van der Waals surface area (Å²) in [6.07, 6.45) is 0. The van der Waals surface area contributed by atoms with Gasteiger partial charge in [-0.1, -0.05) is 0 Å². The summed E-state index contributed by atoms with van der Waals surface area (Å²) in [7, 11) is 0. The van der Waals surface area contributed by atoms with E-state index in [1.807, 2.05) is 0 Å². The van der Waals surface area contributed by atoms with E-state index in [4.69, 9.17) is 0 Å². The van der Waals surface area contributed by atoms with E-state index < -0.39 is 0 Å². The molecule has 0 amide bonds. The standard InChI is InChI=1S/C11H16I/c1-9(2)12-8-11-7-5-4-6-10(11)3/h4-7,9H,8H2,1-3H3/q-1.